The number of likely N-dealkylation sites (tertiary alicyclic amines) is 1. The average Bonchev–Trinajstić information content (AvgIpc) is 3.02. The van der Waals surface area contributed by atoms with E-state index < -0.39 is 0 Å². The number of hydrogen-bond donors (Lipinski definition) is 1. The van der Waals surface area contributed by atoms with Crippen LogP contribution in [0.3, 0.4) is 0 Å². The fourth-order valence-electron chi connectivity index (χ4n) is 4.57. The second-order valence-corrected chi connectivity index (χ2v) is 7.43. The van der Waals surface area contributed by atoms with Crippen LogP contribution >= 0.6 is 0 Å². The van der Waals surface area contributed by atoms with Crippen LogP contribution in [0.4, 0.5) is 0 Å². The van der Waals surface area contributed by atoms with Crippen molar-refractivity contribution in [3.63, 3.8) is 0 Å². The van der Waals surface area contributed by atoms with Crippen LogP contribution in [0.2, 0.25) is 0 Å². The first kappa shape index (κ1) is 17.3. The Labute approximate surface area is 132 Å². The topological polar surface area (TPSA) is 23.5 Å². The SMILES string of the molecule is CCCCCCCCC(O)C1(N2CCCCC2)CCCC1. The molecule has 0 aromatic heterocycles. The van der Waals surface area contributed by atoms with Crippen molar-refractivity contribution >= 4 is 0 Å². The van der Waals surface area contributed by atoms with Gasteiger partial charge in [-0.3, -0.25) is 4.90 Å². The van der Waals surface area contributed by atoms with Crippen molar-refractivity contribution in [3.8, 4) is 0 Å². The van der Waals surface area contributed by atoms with Crippen LogP contribution < -0.4 is 0 Å². The number of piperidine rings is 1. The van der Waals surface area contributed by atoms with E-state index in [1.165, 1.54) is 96.6 Å². The Morgan fingerprint density at radius 1 is 0.857 bits per heavy atom. The first-order valence-corrected chi connectivity index (χ1v) is 9.73. The van der Waals surface area contributed by atoms with E-state index in [0.717, 1.165) is 6.42 Å². The van der Waals surface area contributed by atoms with E-state index in [2.05, 4.69) is 11.8 Å². The summed E-state index contributed by atoms with van der Waals surface area (Å²) in [6, 6.07) is 0. The van der Waals surface area contributed by atoms with Crippen molar-refractivity contribution in [2.24, 2.45) is 0 Å². The standard InChI is InChI=1S/C19H37NO/c1-2-3-4-5-6-8-13-18(21)19(14-9-10-15-19)20-16-11-7-12-17-20/h18,21H,2-17H2,1H3. The largest absolute Gasteiger partial charge is 0.391 e. The van der Waals surface area contributed by atoms with E-state index in [4.69, 9.17) is 0 Å². The molecule has 2 aliphatic rings. The first-order valence-electron chi connectivity index (χ1n) is 9.73. The molecular weight excluding hydrogens is 258 g/mol. The molecule has 2 nitrogen and oxygen atoms in total. The molecule has 2 rings (SSSR count). The summed E-state index contributed by atoms with van der Waals surface area (Å²) in [6.07, 6.45) is 18.1. The summed E-state index contributed by atoms with van der Waals surface area (Å²) in [4.78, 5) is 2.67. The number of aliphatic hydroxyl groups excluding tert-OH is 1. The van der Waals surface area contributed by atoms with Crippen molar-refractivity contribution in [2.75, 3.05) is 13.1 Å². The van der Waals surface area contributed by atoms with E-state index in [0.29, 0.717) is 0 Å². The monoisotopic (exact) mass is 295 g/mol. The maximum absolute atomic E-state index is 10.9. The molecule has 0 amide bonds. The minimum Gasteiger partial charge on any atom is -0.391 e. The molecule has 0 bridgehead atoms. The normalized spacial score (nSPS) is 24.3. The Kier molecular flexibility index (Phi) is 7.53. The third kappa shape index (κ3) is 4.69. The number of hydrogen-bond acceptors (Lipinski definition) is 2. The molecule has 1 aliphatic heterocycles. The highest BCUT2D eigenvalue weighted by atomic mass is 16.3. The van der Waals surface area contributed by atoms with Gasteiger partial charge in [-0.1, -0.05) is 64.7 Å². The third-order valence-corrected chi connectivity index (χ3v) is 5.91. The quantitative estimate of drug-likeness (QED) is 0.612. The lowest BCUT2D eigenvalue weighted by Gasteiger charge is -2.46. The second kappa shape index (κ2) is 9.15. The molecule has 2 heteroatoms. The fourth-order valence-corrected chi connectivity index (χ4v) is 4.57. The Bertz CT molecular complexity index is 267. The molecule has 0 aromatic rings. The molecule has 1 aliphatic carbocycles. The summed E-state index contributed by atoms with van der Waals surface area (Å²) in [5.74, 6) is 0. The van der Waals surface area contributed by atoms with Gasteiger partial charge in [0.2, 0.25) is 0 Å². The molecule has 1 saturated heterocycles. The zero-order chi connectivity index (χ0) is 15.0. The molecule has 1 heterocycles. The van der Waals surface area contributed by atoms with Crippen molar-refractivity contribution < 1.29 is 5.11 Å². The van der Waals surface area contributed by atoms with Gasteiger partial charge in [-0.25, -0.2) is 0 Å². The minimum atomic E-state index is -0.0794. The average molecular weight is 296 g/mol. The van der Waals surface area contributed by atoms with Crippen LogP contribution in [0.1, 0.15) is 96.8 Å². The molecule has 0 spiro atoms. The smallest absolute Gasteiger partial charge is 0.0723 e. The molecule has 1 unspecified atom stereocenters. The van der Waals surface area contributed by atoms with Crippen LogP contribution in [0.25, 0.3) is 0 Å². The highest BCUT2D eigenvalue weighted by Gasteiger charge is 2.44. The summed E-state index contributed by atoms with van der Waals surface area (Å²) in [6.45, 7) is 4.73. The van der Waals surface area contributed by atoms with E-state index in [1.54, 1.807) is 0 Å². The molecule has 2 fully saturated rings. The first-order chi connectivity index (χ1) is 10.3. The van der Waals surface area contributed by atoms with Gasteiger partial charge in [-0.15, -0.1) is 0 Å². The molecule has 1 atom stereocenters. The van der Waals surface area contributed by atoms with Gasteiger partial charge >= 0.3 is 0 Å². The van der Waals surface area contributed by atoms with Crippen molar-refractivity contribution in [1.29, 1.82) is 0 Å². The van der Waals surface area contributed by atoms with Gasteiger partial charge in [0.05, 0.1) is 6.10 Å². The van der Waals surface area contributed by atoms with E-state index in [-0.39, 0.29) is 11.6 Å². The molecule has 0 aromatic carbocycles. The van der Waals surface area contributed by atoms with E-state index >= 15 is 0 Å². The highest BCUT2D eigenvalue weighted by Crippen LogP contribution is 2.41. The van der Waals surface area contributed by atoms with Crippen LogP contribution in [0.5, 0.6) is 0 Å². The zero-order valence-electron chi connectivity index (χ0n) is 14.3. The lowest BCUT2D eigenvalue weighted by atomic mass is 9.83. The third-order valence-electron chi connectivity index (χ3n) is 5.91. The Hall–Kier alpha value is -0.0800. The van der Waals surface area contributed by atoms with Gasteiger partial charge in [-0.05, 0) is 45.2 Å². The Balaban J connectivity index is 1.77. The Morgan fingerprint density at radius 3 is 2.14 bits per heavy atom. The number of nitrogens with zero attached hydrogens (tertiary/aromatic N) is 1. The van der Waals surface area contributed by atoms with Crippen molar-refractivity contribution in [3.05, 3.63) is 0 Å². The molecular formula is C19H37NO. The van der Waals surface area contributed by atoms with Gasteiger partial charge < -0.3 is 5.11 Å². The summed E-state index contributed by atoms with van der Waals surface area (Å²) in [5.41, 5.74) is 0.157. The maximum Gasteiger partial charge on any atom is 0.0723 e. The van der Waals surface area contributed by atoms with Crippen LogP contribution in [-0.4, -0.2) is 34.7 Å². The predicted octanol–water partition coefficient (Wildman–Crippen LogP) is 4.90. The lowest BCUT2D eigenvalue weighted by molar-refractivity contribution is -0.0430. The summed E-state index contributed by atoms with van der Waals surface area (Å²) < 4.78 is 0. The number of unbranched alkanes of at least 4 members (excludes halogenated alkanes) is 5. The molecule has 1 saturated carbocycles. The summed E-state index contributed by atoms with van der Waals surface area (Å²) in [5, 5.41) is 10.9. The van der Waals surface area contributed by atoms with Crippen LogP contribution in [-0.2, 0) is 0 Å². The van der Waals surface area contributed by atoms with E-state index in [9.17, 15) is 5.11 Å². The van der Waals surface area contributed by atoms with Gasteiger partial charge in [0.1, 0.15) is 0 Å². The zero-order valence-corrected chi connectivity index (χ0v) is 14.3. The predicted molar refractivity (Wildman–Crippen MR) is 90.6 cm³/mol. The lowest BCUT2D eigenvalue weighted by Crippen LogP contribution is -2.56. The molecule has 124 valence electrons. The highest BCUT2D eigenvalue weighted by molar-refractivity contribution is 5.01. The van der Waals surface area contributed by atoms with Gasteiger partial charge in [0, 0.05) is 5.54 Å². The van der Waals surface area contributed by atoms with E-state index in [1.807, 2.05) is 0 Å². The van der Waals surface area contributed by atoms with Crippen LogP contribution in [0.15, 0.2) is 0 Å². The molecule has 1 N–H and O–H groups in total. The van der Waals surface area contributed by atoms with Crippen molar-refractivity contribution in [2.45, 2.75) is 108 Å². The van der Waals surface area contributed by atoms with Gasteiger partial charge in [-0.2, -0.15) is 0 Å². The Morgan fingerprint density at radius 2 is 1.48 bits per heavy atom. The molecule has 21 heavy (non-hydrogen) atoms. The molecule has 0 radical (unpaired) electrons. The van der Waals surface area contributed by atoms with Crippen LogP contribution in [0, 0.1) is 0 Å². The summed E-state index contributed by atoms with van der Waals surface area (Å²) in [7, 11) is 0. The second-order valence-electron chi connectivity index (χ2n) is 7.43. The summed E-state index contributed by atoms with van der Waals surface area (Å²) >= 11 is 0. The number of rotatable bonds is 9. The minimum absolute atomic E-state index is 0.0794. The van der Waals surface area contributed by atoms with Gasteiger partial charge in [0.15, 0.2) is 0 Å². The number of aliphatic hydroxyl groups is 1. The van der Waals surface area contributed by atoms with Gasteiger partial charge in [0.25, 0.3) is 0 Å². The maximum atomic E-state index is 10.9. The van der Waals surface area contributed by atoms with Crippen molar-refractivity contribution in [1.82, 2.24) is 4.90 Å². The fraction of sp³-hybridized carbons (Fsp3) is 1.00.